The molecule has 1 unspecified atom stereocenters. The molecule has 2 atom stereocenters. The first-order valence-corrected chi connectivity index (χ1v) is 11.5. The Bertz CT molecular complexity index is 936. The number of para-hydroxylation sites is 1. The fraction of sp³-hybridized carbons (Fsp3) is 0.577. The minimum Gasteiger partial charge on any atom is -0.494 e. The summed E-state index contributed by atoms with van der Waals surface area (Å²) in [6.45, 7) is 8.54. The fourth-order valence-corrected chi connectivity index (χ4v) is 5.44. The van der Waals surface area contributed by atoms with Crippen LogP contribution in [0, 0.1) is 11.3 Å². The second-order valence-electron chi connectivity index (χ2n) is 9.82. The Morgan fingerprint density at radius 1 is 1.13 bits per heavy atom. The molecule has 0 spiro atoms. The summed E-state index contributed by atoms with van der Waals surface area (Å²) in [5, 5.41) is 0. The molecule has 3 aliphatic rings. The number of aliphatic imine (C=N–C) groups is 1. The van der Waals surface area contributed by atoms with Crippen LogP contribution in [0.5, 0.6) is 5.75 Å². The molecule has 5 heteroatoms. The molecule has 31 heavy (non-hydrogen) atoms. The minimum atomic E-state index is -0.440. The number of hydrogen-bond donors (Lipinski definition) is 0. The van der Waals surface area contributed by atoms with Gasteiger partial charge in [-0.25, -0.2) is 4.79 Å². The molecular formula is C26H33NO4. The van der Waals surface area contributed by atoms with E-state index in [1.807, 2.05) is 38.1 Å². The Hall–Kier alpha value is -2.43. The molecule has 0 bridgehead atoms. The van der Waals surface area contributed by atoms with Crippen LogP contribution < -0.4 is 4.74 Å². The van der Waals surface area contributed by atoms with Crippen molar-refractivity contribution < 1.29 is 19.1 Å². The predicted octanol–water partition coefficient (Wildman–Crippen LogP) is 5.39. The standard InChI is InChI=1S/C26H33NO4/c1-5-30-21-13-9-8-12-18(21)23-22(25(29)31-17-10-6-7-11-17)16(2)27-19-14-26(3,4)15-20(28)24(19)23/h8-9,12-13,17,23-24H,5-7,10-11,14-15H2,1-4H3/t23-,24?/m0/s1. The van der Waals surface area contributed by atoms with E-state index in [-0.39, 0.29) is 23.3 Å². The maximum atomic E-state index is 13.4. The lowest BCUT2D eigenvalue weighted by atomic mass is 9.63. The average molecular weight is 424 g/mol. The molecule has 1 aliphatic heterocycles. The average Bonchev–Trinajstić information content (AvgIpc) is 3.19. The van der Waals surface area contributed by atoms with Crippen LogP contribution in [-0.4, -0.2) is 30.2 Å². The number of ether oxygens (including phenoxy) is 2. The smallest absolute Gasteiger partial charge is 0.336 e. The normalized spacial score (nSPS) is 25.8. The Labute approximate surface area is 184 Å². The minimum absolute atomic E-state index is 0.0399. The molecule has 166 valence electrons. The number of hydrogen-bond acceptors (Lipinski definition) is 5. The second kappa shape index (κ2) is 8.60. The second-order valence-corrected chi connectivity index (χ2v) is 9.82. The van der Waals surface area contributed by atoms with E-state index in [1.165, 1.54) is 0 Å². The van der Waals surface area contributed by atoms with Gasteiger partial charge in [0.05, 0.1) is 18.1 Å². The number of benzene rings is 1. The topological polar surface area (TPSA) is 65.0 Å². The number of ketones is 1. The highest BCUT2D eigenvalue weighted by molar-refractivity contribution is 6.12. The van der Waals surface area contributed by atoms with Crippen LogP contribution in [0.25, 0.3) is 0 Å². The third-order valence-corrected chi connectivity index (χ3v) is 6.71. The van der Waals surface area contributed by atoms with E-state index in [0.29, 0.717) is 30.0 Å². The number of rotatable bonds is 5. The Balaban J connectivity index is 1.82. The molecule has 1 aromatic rings. The number of fused-ring (bicyclic) bond motifs is 1. The molecule has 0 saturated heterocycles. The summed E-state index contributed by atoms with van der Waals surface area (Å²) < 4.78 is 11.8. The first kappa shape index (κ1) is 21.8. The molecule has 2 aliphatic carbocycles. The zero-order valence-electron chi connectivity index (χ0n) is 19.1. The van der Waals surface area contributed by atoms with Crippen molar-refractivity contribution in [3.8, 4) is 5.75 Å². The number of esters is 1. The van der Waals surface area contributed by atoms with Crippen molar-refractivity contribution in [2.45, 2.75) is 78.2 Å². The van der Waals surface area contributed by atoms with Gasteiger partial charge in [0.1, 0.15) is 17.6 Å². The van der Waals surface area contributed by atoms with Crippen LogP contribution in [-0.2, 0) is 14.3 Å². The molecular weight excluding hydrogens is 390 g/mol. The zero-order valence-corrected chi connectivity index (χ0v) is 19.1. The van der Waals surface area contributed by atoms with Crippen molar-refractivity contribution in [3.63, 3.8) is 0 Å². The SMILES string of the molecule is CCOc1ccccc1[C@H]1C(C(=O)OC2CCCC2)=C(C)N=C2CC(C)(C)CC(=O)C21. The number of carbonyl (C=O) groups is 2. The molecule has 1 aromatic carbocycles. The van der Waals surface area contributed by atoms with Gasteiger partial charge in [0.15, 0.2) is 0 Å². The van der Waals surface area contributed by atoms with Gasteiger partial charge in [-0.1, -0.05) is 32.0 Å². The number of carbonyl (C=O) groups excluding carboxylic acids is 2. The summed E-state index contributed by atoms with van der Waals surface area (Å²) in [5.74, 6) is -0.337. The van der Waals surface area contributed by atoms with Gasteiger partial charge in [-0.3, -0.25) is 9.79 Å². The molecule has 0 aromatic heterocycles. The van der Waals surface area contributed by atoms with Gasteiger partial charge in [-0.2, -0.15) is 0 Å². The highest BCUT2D eigenvalue weighted by atomic mass is 16.5. The van der Waals surface area contributed by atoms with Crippen LogP contribution in [0.1, 0.15) is 77.7 Å². The largest absolute Gasteiger partial charge is 0.494 e. The molecule has 0 amide bonds. The highest BCUT2D eigenvalue weighted by Gasteiger charge is 2.48. The third-order valence-electron chi connectivity index (χ3n) is 6.71. The predicted molar refractivity (Wildman–Crippen MR) is 120 cm³/mol. The van der Waals surface area contributed by atoms with Crippen molar-refractivity contribution in [1.29, 1.82) is 0 Å². The van der Waals surface area contributed by atoms with Crippen LogP contribution in [0.15, 0.2) is 40.5 Å². The Kier molecular flexibility index (Phi) is 6.05. The molecule has 2 fully saturated rings. The molecule has 5 nitrogen and oxygen atoms in total. The summed E-state index contributed by atoms with van der Waals surface area (Å²) in [7, 11) is 0. The summed E-state index contributed by atoms with van der Waals surface area (Å²) in [4.78, 5) is 31.7. The van der Waals surface area contributed by atoms with E-state index in [0.717, 1.165) is 43.4 Å². The van der Waals surface area contributed by atoms with Crippen LogP contribution >= 0.6 is 0 Å². The molecule has 0 radical (unpaired) electrons. The van der Waals surface area contributed by atoms with Crippen LogP contribution in [0.3, 0.4) is 0 Å². The van der Waals surface area contributed by atoms with Gasteiger partial charge >= 0.3 is 5.97 Å². The molecule has 0 N–H and O–H groups in total. The summed E-state index contributed by atoms with van der Waals surface area (Å²) in [6, 6.07) is 7.75. The molecule has 1 heterocycles. The van der Waals surface area contributed by atoms with Gasteiger partial charge in [-0.15, -0.1) is 0 Å². The maximum Gasteiger partial charge on any atom is 0.336 e. The quantitative estimate of drug-likeness (QED) is 0.596. The lowest BCUT2D eigenvalue weighted by Crippen LogP contribution is -2.44. The van der Waals surface area contributed by atoms with E-state index < -0.39 is 11.8 Å². The van der Waals surface area contributed by atoms with Crippen molar-refractivity contribution >= 4 is 17.5 Å². The van der Waals surface area contributed by atoms with Gasteiger partial charge in [0.25, 0.3) is 0 Å². The monoisotopic (exact) mass is 423 g/mol. The summed E-state index contributed by atoms with van der Waals surface area (Å²) >= 11 is 0. The third kappa shape index (κ3) is 4.32. The fourth-order valence-electron chi connectivity index (χ4n) is 5.44. The first-order chi connectivity index (χ1) is 14.8. The van der Waals surface area contributed by atoms with E-state index in [4.69, 9.17) is 14.5 Å². The summed E-state index contributed by atoms with van der Waals surface area (Å²) in [6.07, 6.45) is 5.18. The van der Waals surface area contributed by atoms with Crippen molar-refractivity contribution in [2.24, 2.45) is 16.3 Å². The number of nitrogens with zero attached hydrogens (tertiary/aromatic N) is 1. The van der Waals surface area contributed by atoms with Crippen molar-refractivity contribution in [3.05, 3.63) is 41.1 Å². The van der Waals surface area contributed by atoms with Crippen molar-refractivity contribution in [2.75, 3.05) is 6.61 Å². The van der Waals surface area contributed by atoms with Gasteiger partial charge in [0, 0.05) is 29.3 Å². The van der Waals surface area contributed by atoms with Crippen LogP contribution in [0.2, 0.25) is 0 Å². The first-order valence-electron chi connectivity index (χ1n) is 11.5. The Morgan fingerprint density at radius 3 is 2.55 bits per heavy atom. The zero-order chi connectivity index (χ0) is 22.2. The van der Waals surface area contributed by atoms with Gasteiger partial charge in [-0.05, 0) is 57.4 Å². The van der Waals surface area contributed by atoms with Gasteiger partial charge in [0.2, 0.25) is 0 Å². The lowest BCUT2D eigenvalue weighted by molar-refractivity contribution is -0.144. The Morgan fingerprint density at radius 2 is 1.84 bits per heavy atom. The summed E-state index contributed by atoms with van der Waals surface area (Å²) in [5.41, 5.74) is 2.80. The van der Waals surface area contributed by atoms with E-state index in [1.54, 1.807) is 0 Å². The lowest BCUT2D eigenvalue weighted by Gasteiger charge is -2.41. The van der Waals surface area contributed by atoms with E-state index in [2.05, 4.69) is 13.8 Å². The van der Waals surface area contributed by atoms with Crippen molar-refractivity contribution in [1.82, 2.24) is 0 Å². The molecule has 4 rings (SSSR count). The number of allylic oxidation sites excluding steroid dienone is 1. The van der Waals surface area contributed by atoms with Crippen LogP contribution in [0.4, 0.5) is 0 Å². The molecule has 2 saturated carbocycles. The van der Waals surface area contributed by atoms with E-state index >= 15 is 0 Å². The van der Waals surface area contributed by atoms with E-state index in [9.17, 15) is 9.59 Å². The van der Waals surface area contributed by atoms with Gasteiger partial charge < -0.3 is 9.47 Å². The maximum absolute atomic E-state index is 13.4. The number of Topliss-reactive ketones (excluding diaryl/α,β-unsaturated/α-hetero) is 1. The highest BCUT2D eigenvalue weighted by Crippen LogP contribution is 2.49.